The molecule has 1 heterocycles. The molecule has 0 bridgehead atoms. The Morgan fingerprint density at radius 1 is 1.09 bits per heavy atom. The zero-order valence-electron chi connectivity index (χ0n) is 17.4. The summed E-state index contributed by atoms with van der Waals surface area (Å²) >= 11 is 0. The molecule has 0 saturated carbocycles. The number of aldehydes is 1. The van der Waals surface area contributed by atoms with E-state index in [9.17, 15) is 28.8 Å². The van der Waals surface area contributed by atoms with Crippen molar-refractivity contribution in [1.82, 2.24) is 25.9 Å². The third-order valence-electron chi connectivity index (χ3n) is 4.38. The number of amides is 4. The van der Waals surface area contributed by atoms with E-state index < -0.39 is 60.2 Å². The van der Waals surface area contributed by atoms with Gasteiger partial charge in [-0.15, -0.1) is 0 Å². The largest absolute Gasteiger partial charge is 0.481 e. The first-order chi connectivity index (χ1) is 15.1. The molecule has 0 aromatic carbocycles. The number of primary amides is 1. The molecule has 0 aliphatic carbocycles. The minimum Gasteiger partial charge on any atom is -0.481 e. The molecule has 0 aliphatic heterocycles. The predicted molar refractivity (Wildman–Crippen MR) is 108 cm³/mol. The van der Waals surface area contributed by atoms with Crippen LogP contribution in [0.15, 0.2) is 12.5 Å². The van der Waals surface area contributed by atoms with Crippen molar-refractivity contribution in [2.75, 3.05) is 0 Å². The Labute approximate surface area is 182 Å². The van der Waals surface area contributed by atoms with Gasteiger partial charge in [0.1, 0.15) is 24.4 Å². The molecule has 1 aromatic rings. The normalized spacial score (nSPS) is 14.3. The average Bonchev–Trinajstić information content (AvgIpc) is 3.23. The number of carbonyl (C=O) groups excluding carboxylic acids is 5. The smallest absolute Gasteiger partial charge is 0.305 e. The van der Waals surface area contributed by atoms with Crippen LogP contribution in [0.5, 0.6) is 0 Å². The Morgan fingerprint density at radius 3 is 2.19 bits per heavy atom. The molecule has 0 saturated heterocycles. The molecule has 0 spiro atoms. The summed E-state index contributed by atoms with van der Waals surface area (Å²) in [6, 6.07) is -4.95. The van der Waals surface area contributed by atoms with Gasteiger partial charge in [0.15, 0.2) is 0 Å². The lowest BCUT2D eigenvalue weighted by Crippen LogP contribution is -2.58. The number of hydrogen-bond acceptors (Lipinski definition) is 8. The highest BCUT2D eigenvalue weighted by molar-refractivity contribution is 5.95. The Hall–Kier alpha value is -3.81. The van der Waals surface area contributed by atoms with E-state index in [4.69, 9.17) is 16.6 Å². The van der Waals surface area contributed by atoms with Gasteiger partial charge in [0.25, 0.3) is 0 Å². The van der Waals surface area contributed by atoms with Gasteiger partial charge in [-0.25, -0.2) is 4.98 Å². The van der Waals surface area contributed by atoms with Crippen LogP contribution in [-0.4, -0.2) is 75.1 Å². The molecule has 0 radical (unpaired) electrons. The summed E-state index contributed by atoms with van der Waals surface area (Å²) < 4.78 is 0. The number of aliphatic carboxylic acids is 1. The lowest BCUT2D eigenvalue weighted by atomic mass is 10.1. The van der Waals surface area contributed by atoms with Crippen LogP contribution in [0, 0.1) is 0 Å². The van der Waals surface area contributed by atoms with Crippen molar-refractivity contribution in [2.24, 2.45) is 11.5 Å². The second-order valence-corrected chi connectivity index (χ2v) is 6.88. The number of aromatic nitrogens is 2. The predicted octanol–water partition coefficient (Wildman–Crippen LogP) is -3.31. The van der Waals surface area contributed by atoms with Crippen LogP contribution in [0.1, 0.15) is 31.9 Å². The number of nitrogens with one attached hydrogen (secondary N) is 4. The standard InChI is InChI=1S/C18H27N7O7/c1-2-11(17(31)24-12(3-4-26)15(20)29)23-18(32)13(5-9-7-21-8-22-9)25-16(30)10(19)6-14(27)28/h4,7-8,10-13H,2-3,5-6,19H2,1H3,(H2,20,29)(H,21,22)(H,23,32)(H,24,31)(H,25,30)(H,27,28). The van der Waals surface area contributed by atoms with E-state index >= 15 is 0 Å². The quantitative estimate of drug-likeness (QED) is 0.139. The van der Waals surface area contributed by atoms with Gasteiger partial charge >= 0.3 is 5.97 Å². The van der Waals surface area contributed by atoms with Crippen LogP contribution in [0.3, 0.4) is 0 Å². The molecule has 14 heteroatoms. The fraction of sp³-hybridized carbons (Fsp3) is 0.500. The molecule has 4 amide bonds. The van der Waals surface area contributed by atoms with Gasteiger partial charge in [0, 0.05) is 24.7 Å². The van der Waals surface area contributed by atoms with E-state index in [0.717, 1.165) is 0 Å². The lowest BCUT2D eigenvalue weighted by Gasteiger charge is -2.24. The maximum Gasteiger partial charge on any atom is 0.305 e. The first-order valence-corrected chi connectivity index (χ1v) is 9.67. The number of nitrogens with two attached hydrogens (primary N) is 2. The number of carbonyl (C=O) groups is 6. The zero-order chi connectivity index (χ0) is 24.3. The van der Waals surface area contributed by atoms with Gasteiger partial charge < -0.3 is 42.3 Å². The number of imidazole rings is 1. The molecule has 14 nitrogen and oxygen atoms in total. The van der Waals surface area contributed by atoms with Crippen molar-refractivity contribution < 1.29 is 33.9 Å². The molecule has 176 valence electrons. The third-order valence-corrected chi connectivity index (χ3v) is 4.38. The van der Waals surface area contributed by atoms with E-state index in [1.807, 2.05) is 0 Å². The molecular formula is C18H27N7O7. The van der Waals surface area contributed by atoms with Crippen molar-refractivity contribution in [3.8, 4) is 0 Å². The average molecular weight is 453 g/mol. The van der Waals surface area contributed by atoms with E-state index in [1.165, 1.54) is 12.5 Å². The zero-order valence-corrected chi connectivity index (χ0v) is 17.4. The maximum atomic E-state index is 12.8. The summed E-state index contributed by atoms with van der Waals surface area (Å²) in [6.07, 6.45) is 2.30. The molecule has 4 atom stereocenters. The summed E-state index contributed by atoms with van der Waals surface area (Å²) in [5.74, 6) is -4.58. The van der Waals surface area contributed by atoms with Crippen LogP contribution in [0.2, 0.25) is 0 Å². The van der Waals surface area contributed by atoms with Gasteiger partial charge in [0.05, 0.1) is 18.8 Å². The molecule has 32 heavy (non-hydrogen) atoms. The Kier molecular flexibility index (Phi) is 10.5. The summed E-state index contributed by atoms with van der Waals surface area (Å²) in [7, 11) is 0. The highest BCUT2D eigenvalue weighted by Crippen LogP contribution is 2.03. The van der Waals surface area contributed by atoms with Gasteiger partial charge in [-0.05, 0) is 6.42 Å². The summed E-state index contributed by atoms with van der Waals surface area (Å²) in [6.45, 7) is 1.59. The van der Waals surface area contributed by atoms with Gasteiger partial charge in [-0.3, -0.25) is 24.0 Å². The lowest BCUT2D eigenvalue weighted by molar-refractivity contribution is -0.140. The van der Waals surface area contributed by atoms with Crippen LogP contribution >= 0.6 is 0 Å². The van der Waals surface area contributed by atoms with Crippen LogP contribution in [-0.2, 0) is 35.2 Å². The fourth-order valence-electron chi connectivity index (χ4n) is 2.63. The van der Waals surface area contributed by atoms with Crippen molar-refractivity contribution in [2.45, 2.75) is 56.8 Å². The first-order valence-electron chi connectivity index (χ1n) is 9.67. The number of rotatable bonds is 14. The van der Waals surface area contributed by atoms with Gasteiger partial charge in [0.2, 0.25) is 23.6 Å². The number of nitrogens with zero attached hydrogens (tertiary/aromatic N) is 1. The monoisotopic (exact) mass is 453 g/mol. The molecule has 0 fully saturated rings. The summed E-state index contributed by atoms with van der Waals surface area (Å²) in [5.41, 5.74) is 11.2. The highest BCUT2D eigenvalue weighted by atomic mass is 16.4. The Bertz CT molecular complexity index is 828. The van der Waals surface area contributed by atoms with E-state index in [0.29, 0.717) is 12.0 Å². The number of hydrogen-bond donors (Lipinski definition) is 7. The molecule has 1 rings (SSSR count). The minimum atomic E-state index is -1.39. The van der Waals surface area contributed by atoms with Crippen molar-refractivity contribution in [3.63, 3.8) is 0 Å². The number of carboxylic acid groups (broad SMARTS) is 1. The number of aromatic amines is 1. The maximum absolute atomic E-state index is 12.8. The third kappa shape index (κ3) is 8.51. The SMILES string of the molecule is CCC(NC(=O)C(Cc1cnc[nH]1)NC(=O)C(N)CC(=O)O)C(=O)NC(CC=O)C(N)=O. The fourth-order valence-corrected chi connectivity index (χ4v) is 2.63. The minimum absolute atomic E-state index is 0.0511. The number of carboxylic acids is 1. The second kappa shape index (κ2) is 12.8. The van der Waals surface area contributed by atoms with Gasteiger partial charge in [-0.2, -0.15) is 0 Å². The van der Waals surface area contributed by atoms with Crippen molar-refractivity contribution >= 4 is 35.9 Å². The summed E-state index contributed by atoms with van der Waals surface area (Å²) in [5, 5.41) is 15.9. The van der Waals surface area contributed by atoms with E-state index in [1.54, 1.807) is 6.92 Å². The Balaban J connectivity index is 2.92. The topological polar surface area (TPSA) is 239 Å². The van der Waals surface area contributed by atoms with Crippen molar-refractivity contribution in [3.05, 3.63) is 18.2 Å². The molecule has 4 unspecified atom stereocenters. The van der Waals surface area contributed by atoms with Crippen LogP contribution in [0.4, 0.5) is 0 Å². The van der Waals surface area contributed by atoms with E-state index in [-0.39, 0.29) is 19.3 Å². The van der Waals surface area contributed by atoms with Crippen molar-refractivity contribution in [1.29, 1.82) is 0 Å². The van der Waals surface area contributed by atoms with E-state index in [2.05, 4.69) is 25.9 Å². The molecule has 0 aliphatic rings. The van der Waals surface area contributed by atoms with Crippen LogP contribution < -0.4 is 27.4 Å². The second-order valence-electron chi connectivity index (χ2n) is 6.88. The highest BCUT2D eigenvalue weighted by Gasteiger charge is 2.30. The first kappa shape index (κ1) is 26.2. The molecular weight excluding hydrogens is 426 g/mol. The van der Waals surface area contributed by atoms with Gasteiger partial charge in [-0.1, -0.05) is 6.92 Å². The molecule has 9 N–H and O–H groups in total. The molecule has 1 aromatic heterocycles. The number of H-pyrrole nitrogens is 1. The Morgan fingerprint density at radius 2 is 1.69 bits per heavy atom. The van der Waals surface area contributed by atoms with Crippen LogP contribution in [0.25, 0.3) is 0 Å². The summed E-state index contributed by atoms with van der Waals surface area (Å²) in [4.78, 5) is 76.9.